The van der Waals surface area contributed by atoms with Crippen LogP contribution in [0.15, 0.2) is 17.0 Å². The molecule has 2 aromatic rings. The average Bonchev–Trinajstić information content (AvgIpc) is 2.83. The van der Waals surface area contributed by atoms with Crippen molar-refractivity contribution in [3.05, 3.63) is 28.5 Å². The maximum absolute atomic E-state index is 5.49. The lowest BCUT2D eigenvalue weighted by atomic mass is 10.2. The molecule has 7 nitrogen and oxygen atoms in total. The molecule has 0 amide bonds. The number of nitrogens with two attached hydrogens (primary N) is 1. The Bertz CT molecular complexity index is 415. The van der Waals surface area contributed by atoms with E-state index in [1.807, 2.05) is 7.05 Å². The fraction of sp³-hybridized carbons (Fsp3) is 0.286. The van der Waals surface area contributed by atoms with Crippen LogP contribution in [0, 0.1) is 0 Å². The summed E-state index contributed by atoms with van der Waals surface area (Å²) in [5.41, 5.74) is 3.55. The van der Waals surface area contributed by atoms with Crippen LogP contribution in [0.1, 0.15) is 17.6 Å². The van der Waals surface area contributed by atoms with Gasteiger partial charge in [-0.15, -0.1) is 0 Å². The van der Waals surface area contributed by atoms with Gasteiger partial charge in [-0.2, -0.15) is 10.2 Å². The van der Waals surface area contributed by atoms with Gasteiger partial charge < -0.3 is 0 Å². The van der Waals surface area contributed by atoms with Gasteiger partial charge in [0.05, 0.1) is 16.4 Å². The van der Waals surface area contributed by atoms with E-state index in [1.54, 1.807) is 10.9 Å². The molecule has 2 aromatic heterocycles. The first-order valence-corrected chi connectivity index (χ1v) is 5.02. The fourth-order valence-electron chi connectivity index (χ4n) is 1.39. The van der Waals surface area contributed by atoms with Gasteiger partial charge in [-0.25, -0.2) is 10.4 Å². The monoisotopic (exact) mass is 271 g/mol. The largest absolute Gasteiger partial charge is 0.270 e. The molecule has 0 bridgehead atoms. The van der Waals surface area contributed by atoms with Gasteiger partial charge in [0.15, 0.2) is 0 Å². The Hall–Kier alpha value is -1.25. The molecule has 0 spiro atoms. The van der Waals surface area contributed by atoms with Gasteiger partial charge in [-0.1, -0.05) is 0 Å². The highest BCUT2D eigenvalue weighted by atomic mass is 79.9. The third-order valence-corrected chi connectivity index (χ3v) is 2.70. The van der Waals surface area contributed by atoms with Crippen LogP contribution >= 0.6 is 15.9 Å². The number of rotatable bonds is 3. The highest BCUT2D eigenvalue weighted by Crippen LogP contribution is 2.24. The molecule has 0 radical (unpaired) electrons. The molecular formula is C7H10BrN7. The minimum absolute atomic E-state index is 0.269. The molecule has 0 aliphatic carbocycles. The second-order valence-corrected chi connectivity index (χ2v) is 3.83. The van der Waals surface area contributed by atoms with Crippen molar-refractivity contribution in [2.24, 2.45) is 12.9 Å². The third kappa shape index (κ3) is 1.78. The molecular weight excluding hydrogens is 262 g/mol. The molecule has 8 heteroatoms. The van der Waals surface area contributed by atoms with Crippen molar-refractivity contribution in [3.8, 4) is 0 Å². The summed E-state index contributed by atoms with van der Waals surface area (Å²) < 4.78 is 2.58. The van der Waals surface area contributed by atoms with Gasteiger partial charge in [0, 0.05) is 7.05 Å². The lowest BCUT2D eigenvalue weighted by Crippen LogP contribution is -2.31. The number of H-pyrrole nitrogens is 1. The molecule has 0 aromatic carbocycles. The fourth-order valence-corrected chi connectivity index (χ4v) is 1.96. The van der Waals surface area contributed by atoms with E-state index in [9.17, 15) is 0 Å². The number of aryl methyl sites for hydroxylation is 1. The van der Waals surface area contributed by atoms with Crippen LogP contribution in [-0.2, 0) is 7.05 Å². The standard InChI is InChI=1S/C7H10BrN7/c1-15-6(4(8)2-12-15)5(13-9)7-10-3-11-14-7/h2-3,5,13H,9H2,1H3,(H,10,11,14). The summed E-state index contributed by atoms with van der Waals surface area (Å²) in [7, 11) is 1.83. The summed E-state index contributed by atoms with van der Waals surface area (Å²) in [6.45, 7) is 0. The van der Waals surface area contributed by atoms with Crippen molar-refractivity contribution in [1.82, 2.24) is 30.4 Å². The van der Waals surface area contributed by atoms with Gasteiger partial charge >= 0.3 is 0 Å². The minimum Gasteiger partial charge on any atom is -0.270 e. The summed E-state index contributed by atoms with van der Waals surface area (Å²) in [4.78, 5) is 4.05. The predicted molar refractivity (Wildman–Crippen MR) is 56.5 cm³/mol. The average molecular weight is 272 g/mol. The Kier molecular flexibility index (Phi) is 2.80. The number of hydrogen-bond acceptors (Lipinski definition) is 5. The van der Waals surface area contributed by atoms with Crippen LogP contribution in [0.3, 0.4) is 0 Å². The first-order valence-electron chi connectivity index (χ1n) is 4.22. The molecule has 0 saturated carbocycles. The summed E-state index contributed by atoms with van der Waals surface area (Å²) >= 11 is 3.40. The Morgan fingerprint density at radius 2 is 2.47 bits per heavy atom. The first kappa shape index (κ1) is 10.3. The molecule has 0 aliphatic rings. The third-order valence-electron chi connectivity index (χ3n) is 2.08. The summed E-state index contributed by atoms with van der Waals surface area (Å²) in [5.74, 6) is 6.13. The second kappa shape index (κ2) is 4.09. The summed E-state index contributed by atoms with van der Waals surface area (Å²) in [6, 6.07) is -0.269. The maximum atomic E-state index is 5.49. The van der Waals surface area contributed by atoms with Crippen molar-refractivity contribution in [2.75, 3.05) is 0 Å². The molecule has 1 unspecified atom stereocenters. The quantitative estimate of drug-likeness (QED) is 0.533. The van der Waals surface area contributed by atoms with E-state index in [0.717, 1.165) is 10.2 Å². The zero-order chi connectivity index (χ0) is 10.8. The van der Waals surface area contributed by atoms with Gasteiger partial charge in [0.25, 0.3) is 0 Å². The van der Waals surface area contributed by atoms with E-state index in [-0.39, 0.29) is 6.04 Å². The van der Waals surface area contributed by atoms with Crippen LogP contribution in [-0.4, -0.2) is 25.0 Å². The number of halogens is 1. The van der Waals surface area contributed by atoms with Crippen molar-refractivity contribution >= 4 is 15.9 Å². The van der Waals surface area contributed by atoms with Gasteiger partial charge in [0.1, 0.15) is 18.2 Å². The predicted octanol–water partition coefficient (Wildman–Crippen LogP) is -0.147. The van der Waals surface area contributed by atoms with Crippen LogP contribution in [0.25, 0.3) is 0 Å². The summed E-state index contributed by atoms with van der Waals surface area (Å²) in [5, 5.41) is 10.7. The lowest BCUT2D eigenvalue weighted by Gasteiger charge is -2.13. The molecule has 0 saturated heterocycles. The topological polar surface area (TPSA) is 97.4 Å². The van der Waals surface area contributed by atoms with Crippen molar-refractivity contribution in [1.29, 1.82) is 0 Å². The molecule has 0 aliphatic heterocycles. The number of nitrogens with zero attached hydrogens (tertiary/aromatic N) is 4. The molecule has 15 heavy (non-hydrogen) atoms. The molecule has 0 fully saturated rings. The number of aromatic nitrogens is 5. The Balaban J connectivity index is 2.44. The molecule has 4 N–H and O–H groups in total. The zero-order valence-electron chi connectivity index (χ0n) is 7.98. The number of nitrogens with one attached hydrogen (secondary N) is 2. The Morgan fingerprint density at radius 1 is 1.67 bits per heavy atom. The van der Waals surface area contributed by atoms with Crippen LogP contribution in [0.2, 0.25) is 0 Å². The highest BCUT2D eigenvalue weighted by molar-refractivity contribution is 9.10. The van der Waals surface area contributed by atoms with Crippen molar-refractivity contribution in [3.63, 3.8) is 0 Å². The lowest BCUT2D eigenvalue weighted by molar-refractivity contribution is 0.550. The maximum Gasteiger partial charge on any atom is 0.148 e. The van der Waals surface area contributed by atoms with Gasteiger partial charge in [-0.05, 0) is 15.9 Å². The van der Waals surface area contributed by atoms with E-state index < -0.39 is 0 Å². The van der Waals surface area contributed by atoms with E-state index in [2.05, 4.69) is 41.6 Å². The summed E-state index contributed by atoms with van der Waals surface area (Å²) in [6.07, 6.45) is 3.14. The number of aromatic amines is 1. The van der Waals surface area contributed by atoms with Crippen LogP contribution in [0.5, 0.6) is 0 Å². The van der Waals surface area contributed by atoms with Crippen LogP contribution < -0.4 is 11.3 Å². The number of hydrazine groups is 1. The zero-order valence-corrected chi connectivity index (χ0v) is 9.56. The Labute approximate surface area is 94.2 Å². The van der Waals surface area contributed by atoms with Gasteiger partial charge in [0.2, 0.25) is 0 Å². The molecule has 2 heterocycles. The van der Waals surface area contributed by atoms with E-state index in [4.69, 9.17) is 5.84 Å². The van der Waals surface area contributed by atoms with Gasteiger partial charge in [-0.3, -0.25) is 15.6 Å². The molecule has 80 valence electrons. The van der Waals surface area contributed by atoms with E-state index in [1.165, 1.54) is 6.33 Å². The SMILES string of the molecule is Cn1ncc(Br)c1C(NN)c1ncn[nH]1. The molecule has 2 rings (SSSR count). The number of hydrogen-bond donors (Lipinski definition) is 3. The first-order chi connectivity index (χ1) is 7.24. The normalized spacial score (nSPS) is 13.0. The van der Waals surface area contributed by atoms with E-state index in [0.29, 0.717) is 5.82 Å². The Morgan fingerprint density at radius 3 is 2.93 bits per heavy atom. The minimum atomic E-state index is -0.269. The van der Waals surface area contributed by atoms with Crippen molar-refractivity contribution < 1.29 is 0 Å². The van der Waals surface area contributed by atoms with E-state index >= 15 is 0 Å². The molecule has 1 atom stereocenters. The highest BCUT2D eigenvalue weighted by Gasteiger charge is 2.21. The second-order valence-electron chi connectivity index (χ2n) is 2.97. The smallest absolute Gasteiger partial charge is 0.148 e. The van der Waals surface area contributed by atoms with Crippen LogP contribution in [0.4, 0.5) is 0 Å². The van der Waals surface area contributed by atoms with Crippen molar-refractivity contribution in [2.45, 2.75) is 6.04 Å².